The van der Waals surface area contributed by atoms with Gasteiger partial charge in [-0.2, -0.15) is 0 Å². The van der Waals surface area contributed by atoms with Crippen molar-refractivity contribution >= 4 is 17.7 Å². The van der Waals surface area contributed by atoms with Crippen LogP contribution in [0.15, 0.2) is 78.2 Å². The van der Waals surface area contributed by atoms with E-state index in [1.54, 1.807) is 12.4 Å². The van der Waals surface area contributed by atoms with Crippen molar-refractivity contribution in [3.05, 3.63) is 89.7 Å². The van der Waals surface area contributed by atoms with Crippen LogP contribution in [0, 0.1) is 13.8 Å². The SMILES string of the molecule is Cc1ccc(-n2c(SC(C(=O)N3CCCC3)c3ccccc3)nnc2-c2ccncc2)cc1C. The van der Waals surface area contributed by atoms with Crippen LogP contribution in [0.4, 0.5) is 0 Å². The minimum absolute atomic E-state index is 0.133. The Bertz CT molecular complexity index is 1280. The van der Waals surface area contributed by atoms with Crippen LogP contribution >= 0.6 is 11.8 Å². The predicted molar refractivity (Wildman–Crippen MR) is 135 cm³/mol. The first kappa shape index (κ1) is 22.3. The molecule has 6 nitrogen and oxygen atoms in total. The zero-order valence-corrected chi connectivity index (χ0v) is 20.2. The highest BCUT2D eigenvalue weighted by molar-refractivity contribution is 8.00. The number of amides is 1. The molecule has 4 aromatic rings. The summed E-state index contributed by atoms with van der Waals surface area (Å²) in [5.74, 6) is 0.863. The largest absolute Gasteiger partial charge is 0.341 e. The third-order valence-corrected chi connectivity index (χ3v) is 7.47. The van der Waals surface area contributed by atoms with Crippen molar-refractivity contribution in [3.8, 4) is 17.1 Å². The first-order valence-electron chi connectivity index (χ1n) is 11.6. The lowest BCUT2D eigenvalue weighted by Crippen LogP contribution is -2.31. The van der Waals surface area contributed by atoms with E-state index in [1.165, 1.54) is 22.9 Å². The topological polar surface area (TPSA) is 63.9 Å². The Morgan fingerprint density at radius 2 is 1.65 bits per heavy atom. The number of rotatable bonds is 6. The molecule has 0 saturated carbocycles. The van der Waals surface area contributed by atoms with E-state index in [0.717, 1.165) is 48.6 Å². The molecule has 1 amide bonds. The van der Waals surface area contributed by atoms with Gasteiger partial charge in [0.15, 0.2) is 11.0 Å². The highest BCUT2D eigenvalue weighted by Crippen LogP contribution is 2.39. The number of likely N-dealkylation sites (tertiary alicyclic amines) is 1. The van der Waals surface area contributed by atoms with Gasteiger partial charge >= 0.3 is 0 Å². The van der Waals surface area contributed by atoms with Crippen molar-refractivity contribution in [1.29, 1.82) is 0 Å². The van der Waals surface area contributed by atoms with E-state index in [0.29, 0.717) is 5.16 Å². The number of thioether (sulfide) groups is 1. The molecule has 172 valence electrons. The van der Waals surface area contributed by atoms with Crippen LogP contribution in [-0.4, -0.2) is 43.6 Å². The third-order valence-electron chi connectivity index (χ3n) is 6.29. The van der Waals surface area contributed by atoms with Crippen LogP contribution in [0.5, 0.6) is 0 Å². The number of benzene rings is 2. The molecule has 2 aromatic heterocycles. The number of hydrogen-bond acceptors (Lipinski definition) is 5. The maximum Gasteiger partial charge on any atom is 0.240 e. The zero-order valence-electron chi connectivity index (χ0n) is 19.4. The lowest BCUT2D eigenvalue weighted by molar-refractivity contribution is -0.129. The number of aryl methyl sites for hydroxylation is 2. The molecular formula is C27H27N5OS. The van der Waals surface area contributed by atoms with E-state index >= 15 is 0 Å². The normalized spacial score (nSPS) is 14.4. The van der Waals surface area contributed by atoms with Crippen molar-refractivity contribution in [2.45, 2.75) is 37.1 Å². The summed E-state index contributed by atoms with van der Waals surface area (Å²) in [6.07, 6.45) is 5.63. The Labute approximate surface area is 204 Å². The van der Waals surface area contributed by atoms with Crippen molar-refractivity contribution in [3.63, 3.8) is 0 Å². The van der Waals surface area contributed by atoms with E-state index in [2.05, 4.69) is 51.8 Å². The van der Waals surface area contributed by atoms with Gasteiger partial charge in [-0.1, -0.05) is 48.2 Å². The predicted octanol–water partition coefficient (Wildman–Crippen LogP) is 5.40. The van der Waals surface area contributed by atoms with E-state index in [9.17, 15) is 4.79 Å². The molecule has 1 unspecified atom stereocenters. The second-order valence-corrected chi connectivity index (χ2v) is 9.66. The summed E-state index contributed by atoms with van der Waals surface area (Å²) >= 11 is 1.47. The van der Waals surface area contributed by atoms with Crippen LogP contribution in [0.1, 0.15) is 34.8 Å². The second kappa shape index (κ2) is 9.81. The Hall–Kier alpha value is -3.45. The van der Waals surface area contributed by atoms with Gasteiger partial charge in [-0.15, -0.1) is 10.2 Å². The molecule has 1 aliphatic heterocycles. The van der Waals surface area contributed by atoms with Gasteiger partial charge in [0.1, 0.15) is 5.25 Å². The molecule has 7 heteroatoms. The number of pyridine rings is 1. The molecule has 5 rings (SSSR count). The van der Waals surface area contributed by atoms with Crippen LogP contribution in [0.2, 0.25) is 0 Å². The second-order valence-electron chi connectivity index (χ2n) is 8.59. The summed E-state index contributed by atoms with van der Waals surface area (Å²) in [7, 11) is 0. The van der Waals surface area contributed by atoms with Crippen molar-refractivity contribution in [1.82, 2.24) is 24.6 Å². The number of carbonyl (C=O) groups excluding carboxylic acids is 1. The molecule has 2 aromatic carbocycles. The summed E-state index contributed by atoms with van der Waals surface area (Å²) in [6, 6.07) is 20.2. The molecule has 34 heavy (non-hydrogen) atoms. The van der Waals surface area contributed by atoms with Gasteiger partial charge in [0.25, 0.3) is 0 Å². The van der Waals surface area contributed by atoms with Crippen LogP contribution < -0.4 is 0 Å². The Morgan fingerprint density at radius 1 is 0.912 bits per heavy atom. The first-order valence-corrected chi connectivity index (χ1v) is 12.4. The van der Waals surface area contributed by atoms with Crippen molar-refractivity contribution in [2.24, 2.45) is 0 Å². The average molecular weight is 470 g/mol. The molecular weight excluding hydrogens is 442 g/mol. The van der Waals surface area contributed by atoms with E-state index < -0.39 is 0 Å². The fourth-order valence-electron chi connectivity index (χ4n) is 4.23. The zero-order chi connectivity index (χ0) is 23.5. The number of carbonyl (C=O) groups is 1. The number of hydrogen-bond donors (Lipinski definition) is 0. The van der Waals surface area contributed by atoms with E-state index in [1.807, 2.05) is 47.4 Å². The molecule has 1 aliphatic rings. The molecule has 1 atom stereocenters. The summed E-state index contributed by atoms with van der Waals surface area (Å²) in [6.45, 7) is 5.83. The number of aromatic nitrogens is 4. The Balaban J connectivity index is 1.61. The molecule has 0 N–H and O–H groups in total. The highest BCUT2D eigenvalue weighted by Gasteiger charge is 2.31. The Morgan fingerprint density at radius 3 is 2.35 bits per heavy atom. The molecule has 1 fully saturated rings. The molecule has 0 bridgehead atoms. The van der Waals surface area contributed by atoms with E-state index in [4.69, 9.17) is 0 Å². The third kappa shape index (κ3) is 4.48. The summed E-state index contributed by atoms with van der Waals surface area (Å²) in [5, 5.41) is 9.44. The van der Waals surface area contributed by atoms with Gasteiger partial charge in [0.2, 0.25) is 5.91 Å². The quantitative estimate of drug-likeness (QED) is 0.354. The van der Waals surface area contributed by atoms with Gasteiger partial charge < -0.3 is 4.90 Å². The maximum atomic E-state index is 13.6. The Kier molecular flexibility index (Phi) is 6.45. The summed E-state index contributed by atoms with van der Waals surface area (Å²) in [5.41, 5.74) is 5.29. The van der Waals surface area contributed by atoms with Crippen molar-refractivity contribution < 1.29 is 4.79 Å². The molecule has 3 heterocycles. The van der Waals surface area contributed by atoms with E-state index in [-0.39, 0.29) is 11.2 Å². The summed E-state index contributed by atoms with van der Waals surface area (Å²) < 4.78 is 2.06. The van der Waals surface area contributed by atoms with Crippen LogP contribution in [0.3, 0.4) is 0 Å². The fraction of sp³-hybridized carbons (Fsp3) is 0.259. The monoisotopic (exact) mass is 469 g/mol. The highest BCUT2D eigenvalue weighted by atomic mass is 32.2. The molecule has 0 aliphatic carbocycles. The van der Waals surface area contributed by atoms with Crippen LogP contribution in [-0.2, 0) is 4.79 Å². The lowest BCUT2D eigenvalue weighted by atomic mass is 10.1. The molecule has 1 saturated heterocycles. The molecule has 0 spiro atoms. The van der Waals surface area contributed by atoms with Gasteiger partial charge in [-0.3, -0.25) is 14.3 Å². The minimum atomic E-state index is -0.390. The van der Waals surface area contributed by atoms with Gasteiger partial charge in [0.05, 0.1) is 5.69 Å². The summed E-state index contributed by atoms with van der Waals surface area (Å²) in [4.78, 5) is 19.7. The lowest BCUT2D eigenvalue weighted by Gasteiger charge is -2.23. The molecule has 0 radical (unpaired) electrons. The van der Waals surface area contributed by atoms with Gasteiger partial charge in [0, 0.05) is 31.0 Å². The number of nitrogens with zero attached hydrogens (tertiary/aromatic N) is 5. The maximum absolute atomic E-state index is 13.6. The fourth-order valence-corrected chi connectivity index (χ4v) is 5.37. The van der Waals surface area contributed by atoms with Crippen molar-refractivity contribution in [2.75, 3.05) is 13.1 Å². The van der Waals surface area contributed by atoms with Crippen LogP contribution in [0.25, 0.3) is 17.1 Å². The first-order chi connectivity index (χ1) is 16.6. The standard InChI is InChI=1S/C27H27N5OS/c1-19-10-11-23(18-20(19)2)32-25(22-12-14-28-15-13-22)29-30-27(32)34-24(21-8-4-3-5-9-21)26(33)31-16-6-7-17-31/h3-5,8-15,18,24H,6-7,16-17H2,1-2H3. The van der Waals surface area contributed by atoms with Gasteiger partial charge in [-0.25, -0.2) is 0 Å². The van der Waals surface area contributed by atoms with Gasteiger partial charge in [-0.05, 0) is 67.6 Å². The smallest absolute Gasteiger partial charge is 0.240 e. The minimum Gasteiger partial charge on any atom is -0.341 e. The average Bonchev–Trinajstić information content (AvgIpc) is 3.56.